The molecular formula is C11H16BrNO. The van der Waals surface area contributed by atoms with Crippen molar-refractivity contribution in [2.45, 2.75) is 44.1 Å². The second kappa shape index (κ2) is 3.70. The van der Waals surface area contributed by atoms with Gasteiger partial charge in [-0.3, -0.25) is 0 Å². The summed E-state index contributed by atoms with van der Waals surface area (Å²) in [4.78, 5) is 0. The first-order chi connectivity index (χ1) is 6.63. The van der Waals surface area contributed by atoms with Gasteiger partial charge in [0.15, 0.2) is 4.67 Å². The average molecular weight is 258 g/mol. The van der Waals surface area contributed by atoms with Crippen molar-refractivity contribution in [2.24, 2.45) is 5.73 Å². The van der Waals surface area contributed by atoms with Crippen LogP contribution in [0.1, 0.15) is 44.3 Å². The molecule has 1 aromatic rings. The van der Waals surface area contributed by atoms with Gasteiger partial charge in [0.2, 0.25) is 0 Å². The summed E-state index contributed by atoms with van der Waals surface area (Å²) in [7, 11) is 0. The van der Waals surface area contributed by atoms with Gasteiger partial charge >= 0.3 is 0 Å². The van der Waals surface area contributed by atoms with Crippen LogP contribution in [0.25, 0.3) is 0 Å². The fourth-order valence-electron chi connectivity index (χ4n) is 1.85. The Morgan fingerprint density at radius 2 is 2.29 bits per heavy atom. The van der Waals surface area contributed by atoms with Crippen molar-refractivity contribution in [3.63, 3.8) is 0 Å². The second-order valence-electron chi connectivity index (χ2n) is 4.31. The largest absolute Gasteiger partial charge is 0.454 e. The van der Waals surface area contributed by atoms with E-state index in [9.17, 15) is 0 Å². The number of nitrogens with two attached hydrogens (primary N) is 1. The molecule has 2 nitrogen and oxygen atoms in total. The van der Waals surface area contributed by atoms with Crippen LogP contribution in [0.4, 0.5) is 0 Å². The summed E-state index contributed by atoms with van der Waals surface area (Å²) in [5.74, 6) is 1.55. The molecule has 1 aromatic heterocycles. The Bertz CT molecular complexity index is 317. The fraction of sp³-hybridized carbons (Fsp3) is 0.636. The first kappa shape index (κ1) is 10.2. The summed E-state index contributed by atoms with van der Waals surface area (Å²) in [6.07, 6.45) is 4.50. The maximum absolute atomic E-state index is 6.11. The zero-order chi connectivity index (χ0) is 10.2. The highest BCUT2D eigenvalue weighted by Crippen LogP contribution is 2.42. The molecule has 0 radical (unpaired) electrons. The summed E-state index contributed by atoms with van der Waals surface area (Å²) in [6, 6.07) is 4.00. The maximum Gasteiger partial charge on any atom is 0.169 e. The van der Waals surface area contributed by atoms with E-state index in [4.69, 9.17) is 10.2 Å². The van der Waals surface area contributed by atoms with E-state index in [-0.39, 0.29) is 5.54 Å². The number of hydrogen-bond acceptors (Lipinski definition) is 2. The summed E-state index contributed by atoms with van der Waals surface area (Å²) in [5.41, 5.74) is 6.22. The minimum Gasteiger partial charge on any atom is -0.454 e. The van der Waals surface area contributed by atoms with Gasteiger partial charge in [-0.15, -0.1) is 0 Å². The molecule has 3 heteroatoms. The fourth-order valence-corrected chi connectivity index (χ4v) is 2.17. The molecule has 1 saturated carbocycles. The number of hydrogen-bond donors (Lipinski definition) is 1. The molecule has 0 saturated heterocycles. The highest BCUT2D eigenvalue weighted by molar-refractivity contribution is 9.10. The molecule has 1 aliphatic carbocycles. The van der Waals surface area contributed by atoms with Gasteiger partial charge in [0.1, 0.15) is 5.76 Å². The lowest BCUT2D eigenvalue weighted by atomic mass is 9.94. The van der Waals surface area contributed by atoms with Crippen LogP contribution < -0.4 is 5.73 Å². The summed E-state index contributed by atoms with van der Waals surface area (Å²) >= 11 is 3.33. The molecule has 1 heterocycles. The predicted octanol–water partition coefficient (Wildman–Crippen LogP) is 3.42. The van der Waals surface area contributed by atoms with Gasteiger partial charge in [0.25, 0.3) is 0 Å². The topological polar surface area (TPSA) is 39.2 Å². The van der Waals surface area contributed by atoms with Gasteiger partial charge in [-0.2, -0.15) is 0 Å². The Hall–Kier alpha value is -0.280. The Morgan fingerprint density at radius 1 is 1.57 bits per heavy atom. The quantitative estimate of drug-likeness (QED) is 0.898. The van der Waals surface area contributed by atoms with E-state index in [1.165, 1.54) is 12.8 Å². The average Bonchev–Trinajstić information content (AvgIpc) is 2.71. The van der Waals surface area contributed by atoms with E-state index in [1.54, 1.807) is 0 Å². The molecule has 14 heavy (non-hydrogen) atoms. The van der Waals surface area contributed by atoms with Crippen LogP contribution in [0.3, 0.4) is 0 Å². The van der Waals surface area contributed by atoms with Crippen LogP contribution in [-0.4, -0.2) is 5.54 Å². The van der Waals surface area contributed by atoms with Crippen LogP contribution in [0.2, 0.25) is 0 Å². The molecule has 1 aliphatic rings. The number of halogens is 1. The number of furan rings is 1. The van der Waals surface area contributed by atoms with Gasteiger partial charge in [0, 0.05) is 11.5 Å². The smallest absolute Gasteiger partial charge is 0.169 e. The SMILES string of the molecule is CCC(CC1(N)CC1)c1ccc(Br)o1. The monoisotopic (exact) mass is 257 g/mol. The normalized spacial score (nSPS) is 20.8. The Morgan fingerprint density at radius 3 is 2.71 bits per heavy atom. The van der Waals surface area contributed by atoms with Crippen LogP contribution in [0.5, 0.6) is 0 Å². The van der Waals surface area contributed by atoms with Crippen LogP contribution in [0.15, 0.2) is 21.2 Å². The van der Waals surface area contributed by atoms with Crippen molar-refractivity contribution in [2.75, 3.05) is 0 Å². The standard InChI is InChI=1S/C11H16BrNO/c1-2-8(7-11(13)5-6-11)9-3-4-10(12)14-9/h3-4,8H,2,5-7,13H2,1H3. The third-order valence-corrected chi connectivity index (χ3v) is 3.46. The van der Waals surface area contributed by atoms with Gasteiger partial charge in [-0.25, -0.2) is 0 Å². The van der Waals surface area contributed by atoms with Crippen molar-refractivity contribution in [1.82, 2.24) is 0 Å². The molecule has 1 unspecified atom stereocenters. The van der Waals surface area contributed by atoms with Gasteiger partial charge < -0.3 is 10.2 Å². The van der Waals surface area contributed by atoms with E-state index in [0.717, 1.165) is 23.3 Å². The minimum absolute atomic E-state index is 0.111. The number of rotatable bonds is 4. The van der Waals surface area contributed by atoms with Gasteiger partial charge in [-0.1, -0.05) is 6.92 Å². The van der Waals surface area contributed by atoms with E-state index < -0.39 is 0 Å². The van der Waals surface area contributed by atoms with E-state index in [2.05, 4.69) is 22.9 Å². The van der Waals surface area contributed by atoms with Crippen molar-refractivity contribution in [1.29, 1.82) is 0 Å². The summed E-state index contributed by atoms with van der Waals surface area (Å²) in [5, 5.41) is 0. The molecule has 0 aliphatic heterocycles. The predicted molar refractivity (Wildman–Crippen MR) is 60.2 cm³/mol. The second-order valence-corrected chi connectivity index (χ2v) is 5.10. The molecule has 0 spiro atoms. The Kier molecular flexibility index (Phi) is 2.71. The molecule has 0 bridgehead atoms. The summed E-state index contributed by atoms with van der Waals surface area (Å²) < 4.78 is 6.38. The summed E-state index contributed by atoms with van der Waals surface area (Å²) in [6.45, 7) is 2.19. The van der Waals surface area contributed by atoms with Crippen molar-refractivity contribution in [3.05, 3.63) is 22.6 Å². The highest BCUT2D eigenvalue weighted by atomic mass is 79.9. The molecule has 1 fully saturated rings. The lowest BCUT2D eigenvalue weighted by Gasteiger charge is -2.16. The van der Waals surface area contributed by atoms with Crippen LogP contribution >= 0.6 is 15.9 Å². The third-order valence-electron chi connectivity index (χ3n) is 3.03. The minimum atomic E-state index is 0.111. The van der Waals surface area contributed by atoms with E-state index in [0.29, 0.717) is 5.92 Å². The zero-order valence-corrected chi connectivity index (χ0v) is 10.0. The molecule has 2 N–H and O–H groups in total. The molecular weight excluding hydrogens is 242 g/mol. The van der Waals surface area contributed by atoms with Gasteiger partial charge in [-0.05, 0) is 53.7 Å². The van der Waals surface area contributed by atoms with Crippen LogP contribution in [0, 0.1) is 0 Å². The lowest BCUT2D eigenvalue weighted by Crippen LogP contribution is -2.24. The van der Waals surface area contributed by atoms with Crippen molar-refractivity contribution < 1.29 is 4.42 Å². The first-order valence-electron chi connectivity index (χ1n) is 5.17. The zero-order valence-electron chi connectivity index (χ0n) is 8.42. The van der Waals surface area contributed by atoms with Crippen molar-refractivity contribution in [3.8, 4) is 0 Å². The lowest BCUT2D eigenvalue weighted by molar-refractivity contribution is 0.399. The Balaban J connectivity index is 2.05. The van der Waals surface area contributed by atoms with Crippen molar-refractivity contribution >= 4 is 15.9 Å². The third kappa shape index (κ3) is 2.20. The van der Waals surface area contributed by atoms with Crippen LogP contribution in [-0.2, 0) is 0 Å². The van der Waals surface area contributed by atoms with E-state index >= 15 is 0 Å². The van der Waals surface area contributed by atoms with Gasteiger partial charge in [0.05, 0.1) is 0 Å². The Labute approximate surface area is 93.0 Å². The molecule has 0 amide bonds. The molecule has 78 valence electrons. The molecule has 2 rings (SSSR count). The maximum atomic E-state index is 6.11. The highest BCUT2D eigenvalue weighted by Gasteiger charge is 2.40. The first-order valence-corrected chi connectivity index (χ1v) is 5.96. The molecule has 1 atom stereocenters. The van der Waals surface area contributed by atoms with E-state index in [1.807, 2.05) is 12.1 Å². The molecule has 0 aromatic carbocycles.